The molecule has 1 aliphatic carbocycles. The molecule has 0 spiro atoms. The molecule has 0 aromatic rings. The van der Waals surface area contributed by atoms with Crippen molar-refractivity contribution in [1.29, 1.82) is 0 Å². The Balaban J connectivity index is 2.62. The predicted octanol–water partition coefficient (Wildman–Crippen LogP) is 2.64. The Hall–Kier alpha value is -0.300. The molecule has 7 heteroatoms. The first kappa shape index (κ1) is 15.8. The third-order valence-corrected chi connectivity index (χ3v) is 4.64. The Kier molecular flexibility index (Phi) is 5.05. The summed E-state index contributed by atoms with van der Waals surface area (Å²) < 4.78 is 60.3. The monoisotopic (exact) mass is 287 g/mol. The van der Waals surface area contributed by atoms with Crippen LogP contribution in [0.15, 0.2) is 0 Å². The van der Waals surface area contributed by atoms with E-state index in [1.807, 2.05) is 0 Å². The van der Waals surface area contributed by atoms with Gasteiger partial charge in [0.1, 0.15) is 6.54 Å². The van der Waals surface area contributed by atoms with E-state index in [9.17, 15) is 21.6 Å². The molecule has 0 atom stereocenters. The molecule has 1 rings (SSSR count). The molecule has 0 N–H and O–H groups in total. The van der Waals surface area contributed by atoms with Gasteiger partial charge in [-0.25, -0.2) is 8.42 Å². The number of alkyl halides is 3. The van der Waals surface area contributed by atoms with Gasteiger partial charge in [0.15, 0.2) is 0 Å². The molecule has 0 unspecified atom stereocenters. The zero-order valence-corrected chi connectivity index (χ0v) is 11.5. The molecule has 0 aromatic carbocycles. The minimum absolute atomic E-state index is 0.00887. The topological polar surface area (TPSA) is 37.4 Å². The molecule has 1 fully saturated rings. The maximum atomic E-state index is 12.3. The van der Waals surface area contributed by atoms with Crippen molar-refractivity contribution < 1.29 is 21.6 Å². The summed E-state index contributed by atoms with van der Waals surface area (Å²) in [6.07, 6.45) is -0.0894. The van der Waals surface area contributed by atoms with Crippen LogP contribution in [0.5, 0.6) is 0 Å². The molecule has 0 radical (unpaired) electrons. The molecule has 1 saturated carbocycles. The molecule has 0 aromatic heterocycles. The predicted molar refractivity (Wildman–Crippen MR) is 63.6 cm³/mol. The molecule has 0 saturated heterocycles. The molecule has 0 bridgehead atoms. The first-order chi connectivity index (χ1) is 8.08. The largest absolute Gasteiger partial charge is 0.402 e. The van der Waals surface area contributed by atoms with Crippen molar-refractivity contribution in [2.45, 2.75) is 38.8 Å². The Labute approximate surface area is 106 Å². The van der Waals surface area contributed by atoms with Crippen LogP contribution in [0.3, 0.4) is 0 Å². The lowest BCUT2D eigenvalue weighted by Crippen LogP contribution is -2.41. The fourth-order valence-electron chi connectivity index (χ4n) is 2.32. The van der Waals surface area contributed by atoms with Crippen molar-refractivity contribution in [3.05, 3.63) is 0 Å². The second-order valence-electron chi connectivity index (χ2n) is 5.30. The number of hydrogen-bond acceptors (Lipinski definition) is 2. The van der Waals surface area contributed by atoms with Gasteiger partial charge < -0.3 is 0 Å². The highest BCUT2D eigenvalue weighted by Crippen LogP contribution is 2.30. The Morgan fingerprint density at radius 1 is 1.17 bits per heavy atom. The van der Waals surface area contributed by atoms with Crippen LogP contribution in [0.2, 0.25) is 0 Å². The quantitative estimate of drug-likeness (QED) is 0.797. The van der Waals surface area contributed by atoms with Crippen molar-refractivity contribution in [2.24, 2.45) is 11.8 Å². The minimum atomic E-state index is -4.48. The standard InChI is InChI=1S/C11H20F3NO2S/c1-9-3-5-10(6-4-9)7-15(18(2,16)17)8-11(12,13)14/h9-10H,3-8H2,1-2H3. The Morgan fingerprint density at radius 3 is 2.06 bits per heavy atom. The van der Waals surface area contributed by atoms with E-state index in [0.29, 0.717) is 10.2 Å². The molecule has 0 heterocycles. The highest BCUT2D eigenvalue weighted by Gasteiger charge is 2.36. The molecule has 18 heavy (non-hydrogen) atoms. The number of halogens is 3. The van der Waals surface area contributed by atoms with Crippen LogP contribution in [0, 0.1) is 11.8 Å². The van der Waals surface area contributed by atoms with E-state index in [-0.39, 0.29) is 12.5 Å². The van der Waals surface area contributed by atoms with Gasteiger partial charge >= 0.3 is 6.18 Å². The lowest BCUT2D eigenvalue weighted by atomic mass is 9.83. The lowest BCUT2D eigenvalue weighted by Gasteiger charge is -2.30. The maximum absolute atomic E-state index is 12.3. The van der Waals surface area contributed by atoms with E-state index in [0.717, 1.165) is 31.9 Å². The van der Waals surface area contributed by atoms with Gasteiger partial charge in [-0.2, -0.15) is 17.5 Å². The fraction of sp³-hybridized carbons (Fsp3) is 1.00. The molecule has 3 nitrogen and oxygen atoms in total. The summed E-state index contributed by atoms with van der Waals surface area (Å²) in [7, 11) is -3.80. The lowest BCUT2D eigenvalue weighted by molar-refractivity contribution is -0.137. The first-order valence-electron chi connectivity index (χ1n) is 6.10. The smallest absolute Gasteiger partial charge is 0.213 e. The van der Waals surface area contributed by atoms with Crippen molar-refractivity contribution in [2.75, 3.05) is 19.3 Å². The van der Waals surface area contributed by atoms with E-state index < -0.39 is 22.7 Å². The van der Waals surface area contributed by atoms with E-state index in [2.05, 4.69) is 6.92 Å². The third kappa shape index (κ3) is 5.56. The zero-order valence-electron chi connectivity index (χ0n) is 10.7. The van der Waals surface area contributed by atoms with E-state index in [1.165, 1.54) is 0 Å². The number of sulfonamides is 1. The van der Waals surface area contributed by atoms with Gasteiger partial charge in [-0.15, -0.1) is 0 Å². The molecule has 1 aliphatic rings. The van der Waals surface area contributed by atoms with Gasteiger partial charge in [-0.1, -0.05) is 19.8 Å². The van der Waals surface area contributed by atoms with Gasteiger partial charge in [-0.05, 0) is 24.7 Å². The summed E-state index contributed by atoms with van der Waals surface area (Å²) in [4.78, 5) is 0. The van der Waals surface area contributed by atoms with E-state index >= 15 is 0 Å². The van der Waals surface area contributed by atoms with Crippen LogP contribution in [0.1, 0.15) is 32.6 Å². The Bertz CT molecular complexity index is 359. The van der Waals surface area contributed by atoms with Gasteiger partial charge in [-0.3, -0.25) is 0 Å². The molecule has 0 aliphatic heterocycles. The molecule has 0 amide bonds. The van der Waals surface area contributed by atoms with E-state index in [1.54, 1.807) is 0 Å². The Morgan fingerprint density at radius 2 is 1.67 bits per heavy atom. The molecular formula is C11H20F3NO2S. The average molecular weight is 287 g/mol. The summed E-state index contributed by atoms with van der Waals surface area (Å²) in [6.45, 7) is 0.725. The van der Waals surface area contributed by atoms with Crippen molar-refractivity contribution in [3.8, 4) is 0 Å². The summed E-state index contributed by atoms with van der Waals surface area (Å²) >= 11 is 0. The average Bonchev–Trinajstić information content (AvgIpc) is 2.17. The van der Waals surface area contributed by atoms with Crippen LogP contribution in [-0.2, 0) is 10.0 Å². The van der Waals surface area contributed by atoms with Gasteiger partial charge in [0.25, 0.3) is 0 Å². The van der Waals surface area contributed by atoms with Crippen LogP contribution in [0.25, 0.3) is 0 Å². The minimum Gasteiger partial charge on any atom is -0.213 e. The second kappa shape index (κ2) is 5.77. The van der Waals surface area contributed by atoms with Gasteiger partial charge in [0, 0.05) is 6.54 Å². The zero-order chi connectivity index (χ0) is 14.0. The van der Waals surface area contributed by atoms with Crippen LogP contribution >= 0.6 is 0 Å². The van der Waals surface area contributed by atoms with E-state index in [4.69, 9.17) is 0 Å². The number of nitrogens with zero attached hydrogens (tertiary/aromatic N) is 1. The third-order valence-electron chi connectivity index (χ3n) is 3.42. The number of hydrogen-bond donors (Lipinski definition) is 0. The van der Waals surface area contributed by atoms with Crippen molar-refractivity contribution in [1.82, 2.24) is 4.31 Å². The maximum Gasteiger partial charge on any atom is 0.402 e. The van der Waals surface area contributed by atoms with Crippen LogP contribution in [0.4, 0.5) is 13.2 Å². The number of rotatable bonds is 4. The fourth-order valence-corrected chi connectivity index (χ4v) is 3.18. The molecular weight excluding hydrogens is 267 g/mol. The SMILES string of the molecule is CC1CCC(CN(CC(F)(F)F)S(C)(=O)=O)CC1. The van der Waals surface area contributed by atoms with Crippen molar-refractivity contribution in [3.63, 3.8) is 0 Å². The van der Waals surface area contributed by atoms with Gasteiger partial charge in [0.05, 0.1) is 6.26 Å². The van der Waals surface area contributed by atoms with Crippen LogP contribution in [-0.4, -0.2) is 38.2 Å². The summed E-state index contributed by atoms with van der Waals surface area (Å²) in [5.74, 6) is 0.647. The van der Waals surface area contributed by atoms with Crippen molar-refractivity contribution >= 4 is 10.0 Å². The van der Waals surface area contributed by atoms with Gasteiger partial charge in [0.2, 0.25) is 10.0 Å². The highest BCUT2D eigenvalue weighted by atomic mass is 32.2. The first-order valence-corrected chi connectivity index (χ1v) is 7.94. The summed E-state index contributed by atoms with van der Waals surface area (Å²) in [5, 5.41) is 0. The normalized spacial score (nSPS) is 26.6. The highest BCUT2D eigenvalue weighted by molar-refractivity contribution is 7.88. The molecule has 108 valence electrons. The van der Waals surface area contributed by atoms with Crippen LogP contribution < -0.4 is 0 Å². The summed E-state index contributed by atoms with van der Waals surface area (Å²) in [6, 6.07) is 0. The summed E-state index contributed by atoms with van der Waals surface area (Å²) in [5.41, 5.74) is 0. The second-order valence-corrected chi connectivity index (χ2v) is 7.28.